The third-order valence-corrected chi connectivity index (χ3v) is 5.85. The molecule has 0 unspecified atom stereocenters. The minimum Gasteiger partial charge on any atom is -0.368 e. The zero-order chi connectivity index (χ0) is 28.5. The Bertz CT molecular complexity index is 792. The number of rotatable bonds is 18. The van der Waals surface area contributed by atoms with Crippen molar-refractivity contribution in [1.82, 2.24) is 29.8 Å². The van der Waals surface area contributed by atoms with Crippen molar-refractivity contribution in [2.45, 2.75) is 41.5 Å². The molecule has 0 bridgehead atoms. The Kier molecular flexibility index (Phi) is 16.5. The van der Waals surface area contributed by atoms with Gasteiger partial charge < -0.3 is 35.6 Å². The minimum absolute atomic E-state index is 0.128. The van der Waals surface area contributed by atoms with Gasteiger partial charge in [0.05, 0.1) is 39.3 Å². The molecular formula is C24H45N7O6. The average molecular weight is 528 g/mol. The first-order valence-corrected chi connectivity index (χ1v) is 12.9. The monoisotopic (exact) mass is 527 g/mol. The number of likely N-dealkylation sites (N-methyl/N-ethyl adjacent to an activating group) is 6. The fraction of sp³-hybridized carbons (Fsp3) is 0.750. The molecule has 0 aromatic carbocycles. The lowest BCUT2D eigenvalue weighted by molar-refractivity contribution is -0.147. The van der Waals surface area contributed by atoms with Gasteiger partial charge in [-0.2, -0.15) is 0 Å². The number of amides is 6. The summed E-state index contributed by atoms with van der Waals surface area (Å²) in [6.45, 7) is 11.5. The molecule has 0 aromatic rings. The molecule has 0 aliphatic carbocycles. The zero-order valence-corrected chi connectivity index (χ0v) is 23.2. The molecular weight excluding hydrogens is 482 g/mol. The smallest absolute Gasteiger partial charge is 0.242 e. The summed E-state index contributed by atoms with van der Waals surface area (Å²) in [7, 11) is 0. The molecule has 0 rings (SSSR count). The van der Waals surface area contributed by atoms with Gasteiger partial charge in [-0.3, -0.25) is 28.8 Å². The van der Waals surface area contributed by atoms with Gasteiger partial charge in [-0.1, -0.05) is 6.92 Å². The van der Waals surface area contributed by atoms with Gasteiger partial charge in [0.1, 0.15) is 0 Å². The number of nitrogens with two attached hydrogens (primary N) is 1. The minimum atomic E-state index is -0.647. The normalized spacial score (nSPS) is 10.4. The molecule has 6 amide bonds. The van der Waals surface area contributed by atoms with Crippen LogP contribution in [0.3, 0.4) is 0 Å². The number of carbonyl (C=O) groups is 6. The topological polar surface area (TPSA) is 157 Å². The molecule has 0 spiro atoms. The van der Waals surface area contributed by atoms with Gasteiger partial charge in [-0.05, 0) is 41.2 Å². The Labute approximate surface area is 220 Å². The highest BCUT2D eigenvalue weighted by Gasteiger charge is 2.26. The van der Waals surface area contributed by atoms with Crippen molar-refractivity contribution in [3.8, 4) is 0 Å². The van der Waals surface area contributed by atoms with E-state index in [-0.39, 0.29) is 77.3 Å². The van der Waals surface area contributed by atoms with E-state index in [4.69, 9.17) is 5.73 Å². The lowest BCUT2D eigenvalue weighted by Gasteiger charge is -2.30. The Hall–Kier alpha value is -3.22. The Morgan fingerprint density at radius 1 is 0.486 bits per heavy atom. The van der Waals surface area contributed by atoms with E-state index in [1.165, 1.54) is 24.5 Å². The molecule has 13 nitrogen and oxygen atoms in total. The van der Waals surface area contributed by atoms with E-state index in [1.54, 1.807) is 34.6 Å². The van der Waals surface area contributed by atoms with Gasteiger partial charge >= 0.3 is 0 Å². The number of nitrogens with one attached hydrogen (secondary N) is 1. The highest BCUT2D eigenvalue weighted by atomic mass is 16.2. The average Bonchev–Trinajstić information content (AvgIpc) is 2.88. The lowest BCUT2D eigenvalue weighted by Crippen LogP contribution is -2.51. The first kappa shape index (κ1) is 33.8. The summed E-state index contributed by atoms with van der Waals surface area (Å²) < 4.78 is 0. The highest BCUT2D eigenvalue weighted by molar-refractivity contribution is 5.92. The number of carbonyl (C=O) groups excluding carboxylic acids is 6. The van der Waals surface area contributed by atoms with Crippen molar-refractivity contribution in [3.05, 3.63) is 0 Å². The first-order valence-electron chi connectivity index (χ1n) is 12.9. The maximum Gasteiger partial charge on any atom is 0.242 e. The van der Waals surface area contributed by atoms with Crippen LogP contribution in [0.25, 0.3) is 0 Å². The number of primary amides is 1. The van der Waals surface area contributed by atoms with Crippen LogP contribution in [0.4, 0.5) is 0 Å². The van der Waals surface area contributed by atoms with Gasteiger partial charge in [0.25, 0.3) is 0 Å². The second-order valence-electron chi connectivity index (χ2n) is 8.29. The molecule has 0 heterocycles. The molecule has 3 N–H and O–H groups in total. The molecule has 37 heavy (non-hydrogen) atoms. The zero-order valence-electron chi connectivity index (χ0n) is 23.2. The predicted octanol–water partition coefficient (Wildman–Crippen LogP) is -1.68. The van der Waals surface area contributed by atoms with Gasteiger partial charge in [0, 0.05) is 32.7 Å². The second-order valence-corrected chi connectivity index (χ2v) is 8.29. The Morgan fingerprint density at radius 2 is 0.757 bits per heavy atom. The molecule has 0 saturated carbocycles. The number of hydrogen-bond acceptors (Lipinski definition) is 7. The van der Waals surface area contributed by atoms with E-state index in [0.717, 1.165) is 0 Å². The van der Waals surface area contributed by atoms with Gasteiger partial charge in [0.15, 0.2) is 0 Å². The van der Waals surface area contributed by atoms with Crippen molar-refractivity contribution in [2.75, 3.05) is 78.5 Å². The quantitative estimate of drug-likeness (QED) is 0.216. The van der Waals surface area contributed by atoms with E-state index in [0.29, 0.717) is 13.1 Å². The van der Waals surface area contributed by atoms with Crippen LogP contribution in [0.1, 0.15) is 41.5 Å². The Balaban J connectivity index is 5.20. The molecule has 0 fully saturated rings. The lowest BCUT2D eigenvalue weighted by atomic mass is 10.3. The fourth-order valence-corrected chi connectivity index (χ4v) is 3.47. The van der Waals surface area contributed by atoms with Crippen molar-refractivity contribution >= 4 is 35.4 Å². The standard InChI is InChI=1S/C24H45N7O6/c1-7-26-13-20(33)28(9-3)15-22(35)30(11-5)17-24(37)31(12-6)18-23(36)29(10-4)16-21(34)27(8-2)14-19(25)32/h26H,7-18H2,1-6H3,(H2,25,32). The molecule has 13 heteroatoms. The molecule has 0 aliphatic heterocycles. The molecule has 212 valence electrons. The fourth-order valence-electron chi connectivity index (χ4n) is 3.47. The SMILES string of the molecule is CCNCC(=O)N(CC)CC(=O)N(CC)CC(=O)N(CC)CC(=O)N(CC)CC(=O)N(CC)CC(N)=O. The number of nitrogens with zero attached hydrogens (tertiary/aromatic N) is 5. The molecule has 0 aliphatic rings. The van der Waals surface area contributed by atoms with Crippen LogP contribution >= 0.6 is 0 Å². The van der Waals surface area contributed by atoms with Crippen LogP contribution in [-0.2, 0) is 28.8 Å². The first-order chi connectivity index (χ1) is 17.5. The summed E-state index contributed by atoms with van der Waals surface area (Å²) in [5.74, 6) is -2.47. The van der Waals surface area contributed by atoms with Crippen molar-refractivity contribution < 1.29 is 28.8 Å². The van der Waals surface area contributed by atoms with E-state index in [1.807, 2.05) is 6.92 Å². The van der Waals surface area contributed by atoms with Gasteiger partial charge in [-0.15, -0.1) is 0 Å². The van der Waals surface area contributed by atoms with E-state index >= 15 is 0 Å². The maximum absolute atomic E-state index is 13.0. The Morgan fingerprint density at radius 3 is 1.00 bits per heavy atom. The van der Waals surface area contributed by atoms with Crippen LogP contribution in [-0.4, -0.2) is 138 Å². The van der Waals surface area contributed by atoms with Crippen molar-refractivity contribution in [3.63, 3.8) is 0 Å². The molecule has 0 aromatic heterocycles. The molecule has 0 atom stereocenters. The molecule has 0 saturated heterocycles. The van der Waals surface area contributed by atoms with Crippen LogP contribution in [0.15, 0.2) is 0 Å². The van der Waals surface area contributed by atoms with Gasteiger partial charge in [0.2, 0.25) is 35.4 Å². The summed E-state index contributed by atoms with van der Waals surface area (Å²) in [5.41, 5.74) is 5.18. The van der Waals surface area contributed by atoms with E-state index < -0.39 is 23.6 Å². The van der Waals surface area contributed by atoms with Crippen LogP contribution in [0.5, 0.6) is 0 Å². The third kappa shape index (κ3) is 12.0. The van der Waals surface area contributed by atoms with Gasteiger partial charge in [-0.25, -0.2) is 0 Å². The largest absolute Gasteiger partial charge is 0.368 e. The number of hydrogen-bond donors (Lipinski definition) is 2. The summed E-state index contributed by atoms with van der Waals surface area (Å²) in [6.07, 6.45) is 0. The summed E-state index contributed by atoms with van der Waals surface area (Å²) in [4.78, 5) is 81.3. The second kappa shape index (κ2) is 18.1. The van der Waals surface area contributed by atoms with Crippen molar-refractivity contribution in [1.29, 1.82) is 0 Å². The predicted molar refractivity (Wildman–Crippen MR) is 139 cm³/mol. The van der Waals surface area contributed by atoms with Crippen LogP contribution < -0.4 is 11.1 Å². The van der Waals surface area contributed by atoms with E-state index in [2.05, 4.69) is 5.32 Å². The third-order valence-electron chi connectivity index (χ3n) is 5.85. The highest BCUT2D eigenvalue weighted by Crippen LogP contribution is 2.02. The van der Waals surface area contributed by atoms with Crippen LogP contribution in [0.2, 0.25) is 0 Å². The van der Waals surface area contributed by atoms with Crippen molar-refractivity contribution in [2.24, 2.45) is 5.73 Å². The maximum atomic E-state index is 13.0. The molecule has 0 radical (unpaired) electrons. The summed E-state index contributed by atoms with van der Waals surface area (Å²) >= 11 is 0. The van der Waals surface area contributed by atoms with Crippen LogP contribution in [0, 0.1) is 0 Å². The summed E-state index contributed by atoms with van der Waals surface area (Å²) in [5, 5.41) is 2.94. The van der Waals surface area contributed by atoms with E-state index in [9.17, 15) is 28.8 Å². The summed E-state index contributed by atoms with van der Waals surface area (Å²) in [6, 6.07) is 0.